The summed E-state index contributed by atoms with van der Waals surface area (Å²) in [5.41, 5.74) is -0.856. The van der Waals surface area contributed by atoms with Crippen molar-refractivity contribution in [2.24, 2.45) is 5.92 Å². The summed E-state index contributed by atoms with van der Waals surface area (Å²) in [6, 6.07) is 9.59. The number of aliphatic hydroxyl groups is 1. The lowest BCUT2D eigenvalue weighted by Gasteiger charge is -2.32. The molecule has 0 aliphatic carbocycles. The molecule has 0 radical (unpaired) electrons. The average Bonchev–Trinajstić information content (AvgIpc) is 2.85. The Hall–Kier alpha value is -1.59. The topological polar surface area (TPSA) is 53.0 Å². The fourth-order valence-electron chi connectivity index (χ4n) is 3.82. The normalized spacial score (nSPS) is 25.7. The van der Waals surface area contributed by atoms with Crippen molar-refractivity contribution < 1.29 is 14.6 Å². The number of nitrogens with zero attached hydrogens (tertiary/aromatic N) is 2. The maximum Gasteiger partial charge on any atom is 0.236 e. The van der Waals surface area contributed by atoms with Crippen molar-refractivity contribution in [3.8, 4) is 5.75 Å². The zero-order chi connectivity index (χ0) is 18.4. The number of piperidine rings is 1. The molecule has 5 heteroatoms. The van der Waals surface area contributed by atoms with Crippen LogP contribution in [-0.4, -0.2) is 65.7 Å². The minimum Gasteiger partial charge on any atom is -0.491 e. The van der Waals surface area contributed by atoms with Gasteiger partial charge in [-0.2, -0.15) is 0 Å². The summed E-state index contributed by atoms with van der Waals surface area (Å²) in [7, 11) is 0. The van der Waals surface area contributed by atoms with E-state index >= 15 is 0 Å². The predicted octanol–water partition coefficient (Wildman–Crippen LogP) is 2.54. The van der Waals surface area contributed by atoms with E-state index in [9.17, 15) is 9.90 Å². The number of ether oxygens (including phenoxy) is 1. The highest BCUT2D eigenvalue weighted by Crippen LogP contribution is 2.24. The predicted molar refractivity (Wildman–Crippen MR) is 102 cm³/mol. The van der Waals surface area contributed by atoms with E-state index in [0.717, 1.165) is 37.7 Å². The number of carbonyl (C=O) groups is 1. The smallest absolute Gasteiger partial charge is 0.236 e. The molecule has 1 amide bonds. The Morgan fingerprint density at radius 1 is 1.15 bits per heavy atom. The summed E-state index contributed by atoms with van der Waals surface area (Å²) in [5.74, 6) is 1.75. The molecule has 1 unspecified atom stereocenters. The fraction of sp³-hybridized carbons (Fsp3) is 0.667. The van der Waals surface area contributed by atoms with Gasteiger partial charge in [0.15, 0.2) is 0 Å². The van der Waals surface area contributed by atoms with Crippen molar-refractivity contribution in [1.29, 1.82) is 0 Å². The molecule has 2 heterocycles. The monoisotopic (exact) mass is 360 g/mol. The van der Waals surface area contributed by atoms with E-state index < -0.39 is 5.60 Å². The van der Waals surface area contributed by atoms with Crippen molar-refractivity contribution >= 4 is 5.91 Å². The molecule has 0 saturated carbocycles. The third-order valence-electron chi connectivity index (χ3n) is 5.76. The summed E-state index contributed by atoms with van der Waals surface area (Å²) in [6.07, 6.45) is 4.43. The highest BCUT2D eigenvalue weighted by atomic mass is 16.5. The Morgan fingerprint density at radius 2 is 1.88 bits per heavy atom. The standard InChI is InChI=1S/C21H32N2O3/c1-18-8-13-22(14-9-18)16-20(24)23-12-5-10-21(25,11-15-23)17-26-19-6-3-2-4-7-19/h2-4,6-7,18,25H,5,8-17H2,1H3. The van der Waals surface area contributed by atoms with Gasteiger partial charge in [-0.25, -0.2) is 0 Å². The lowest BCUT2D eigenvalue weighted by Crippen LogP contribution is -2.44. The summed E-state index contributed by atoms with van der Waals surface area (Å²) in [4.78, 5) is 16.9. The highest BCUT2D eigenvalue weighted by molar-refractivity contribution is 5.78. The van der Waals surface area contributed by atoms with Crippen LogP contribution in [0.3, 0.4) is 0 Å². The number of rotatable bonds is 5. The van der Waals surface area contributed by atoms with Crippen LogP contribution in [0, 0.1) is 5.92 Å². The number of hydrogen-bond acceptors (Lipinski definition) is 4. The van der Waals surface area contributed by atoms with Crippen molar-refractivity contribution in [1.82, 2.24) is 9.80 Å². The van der Waals surface area contributed by atoms with E-state index in [1.54, 1.807) is 0 Å². The van der Waals surface area contributed by atoms with Crippen LogP contribution in [0.1, 0.15) is 39.0 Å². The van der Waals surface area contributed by atoms with E-state index in [1.807, 2.05) is 35.2 Å². The number of benzene rings is 1. The highest BCUT2D eigenvalue weighted by Gasteiger charge is 2.33. The summed E-state index contributed by atoms with van der Waals surface area (Å²) in [6.45, 7) is 6.47. The molecule has 2 fully saturated rings. The Kier molecular flexibility index (Phi) is 6.54. The van der Waals surface area contributed by atoms with Gasteiger partial charge in [0.1, 0.15) is 18.0 Å². The van der Waals surface area contributed by atoms with Crippen molar-refractivity contribution in [3.63, 3.8) is 0 Å². The Morgan fingerprint density at radius 3 is 2.62 bits per heavy atom. The minimum absolute atomic E-state index is 0.202. The molecule has 1 atom stereocenters. The third kappa shape index (κ3) is 5.45. The molecule has 2 saturated heterocycles. The third-order valence-corrected chi connectivity index (χ3v) is 5.76. The molecule has 2 aliphatic heterocycles. The zero-order valence-corrected chi connectivity index (χ0v) is 15.9. The van der Waals surface area contributed by atoms with Crippen LogP contribution in [0.2, 0.25) is 0 Å². The number of para-hydroxylation sites is 1. The maximum absolute atomic E-state index is 12.7. The first-order valence-corrected chi connectivity index (χ1v) is 9.94. The molecule has 2 aliphatic rings. The maximum atomic E-state index is 12.7. The summed E-state index contributed by atoms with van der Waals surface area (Å²) in [5, 5.41) is 10.9. The van der Waals surface area contributed by atoms with Crippen LogP contribution in [0.15, 0.2) is 30.3 Å². The second-order valence-corrected chi connectivity index (χ2v) is 8.02. The first-order valence-electron chi connectivity index (χ1n) is 9.94. The van der Waals surface area contributed by atoms with Crippen molar-refractivity contribution in [2.75, 3.05) is 39.3 Å². The van der Waals surface area contributed by atoms with Crippen LogP contribution in [0.25, 0.3) is 0 Å². The van der Waals surface area contributed by atoms with Gasteiger partial charge in [-0.05, 0) is 63.2 Å². The molecule has 5 nitrogen and oxygen atoms in total. The molecule has 1 aromatic rings. The van der Waals surface area contributed by atoms with Gasteiger partial charge in [0.25, 0.3) is 0 Å². The number of hydrogen-bond donors (Lipinski definition) is 1. The molecule has 144 valence electrons. The van der Waals surface area contributed by atoms with Gasteiger partial charge in [-0.15, -0.1) is 0 Å². The average molecular weight is 360 g/mol. The lowest BCUT2D eigenvalue weighted by molar-refractivity contribution is -0.133. The Bertz CT molecular complexity index is 572. The first kappa shape index (κ1) is 19.2. The molecule has 0 aromatic heterocycles. The molecular weight excluding hydrogens is 328 g/mol. The largest absolute Gasteiger partial charge is 0.491 e. The van der Waals surface area contributed by atoms with Gasteiger partial charge in [0, 0.05) is 13.1 Å². The zero-order valence-electron chi connectivity index (χ0n) is 15.9. The number of likely N-dealkylation sites (tertiary alicyclic amines) is 2. The van der Waals surface area contributed by atoms with E-state index in [4.69, 9.17) is 4.74 Å². The van der Waals surface area contributed by atoms with E-state index in [-0.39, 0.29) is 12.5 Å². The van der Waals surface area contributed by atoms with Crippen molar-refractivity contribution in [3.05, 3.63) is 30.3 Å². The van der Waals surface area contributed by atoms with Gasteiger partial charge in [0.05, 0.1) is 6.54 Å². The van der Waals surface area contributed by atoms with Crippen LogP contribution in [-0.2, 0) is 4.79 Å². The summed E-state index contributed by atoms with van der Waals surface area (Å²) < 4.78 is 5.77. The van der Waals surface area contributed by atoms with E-state index in [0.29, 0.717) is 25.9 Å². The summed E-state index contributed by atoms with van der Waals surface area (Å²) >= 11 is 0. The molecule has 1 aromatic carbocycles. The van der Waals surface area contributed by atoms with Crippen LogP contribution in [0.5, 0.6) is 5.75 Å². The van der Waals surface area contributed by atoms with Crippen LogP contribution < -0.4 is 4.74 Å². The Balaban J connectivity index is 1.46. The SMILES string of the molecule is CC1CCN(CC(=O)N2CCCC(O)(COc3ccccc3)CC2)CC1. The second-order valence-electron chi connectivity index (χ2n) is 8.02. The fourth-order valence-corrected chi connectivity index (χ4v) is 3.82. The van der Waals surface area contributed by atoms with Crippen LogP contribution >= 0.6 is 0 Å². The molecule has 1 N–H and O–H groups in total. The molecule has 0 spiro atoms. The van der Waals surface area contributed by atoms with Gasteiger partial charge in [-0.3, -0.25) is 9.69 Å². The van der Waals surface area contributed by atoms with E-state index in [2.05, 4.69) is 11.8 Å². The first-order chi connectivity index (χ1) is 12.5. The van der Waals surface area contributed by atoms with Gasteiger partial charge in [-0.1, -0.05) is 25.1 Å². The minimum atomic E-state index is -0.856. The molecule has 0 bridgehead atoms. The second kappa shape index (κ2) is 8.87. The van der Waals surface area contributed by atoms with Crippen LogP contribution in [0.4, 0.5) is 0 Å². The molecule has 3 rings (SSSR count). The van der Waals surface area contributed by atoms with Gasteiger partial charge in [0.2, 0.25) is 5.91 Å². The lowest BCUT2D eigenvalue weighted by atomic mass is 9.96. The quantitative estimate of drug-likeness (QED) is 0.877. The molecule has 26 heavy (non-hydrogen) atoms. The number of carbonyl (C=O) groups excluding carboxylic acids is 1. The van der Waals surface area contributed by atoms with Gasteiger partial charge >= 0.3 is 0 Å². The Labute approximate surface area is 156 Å². The van der Waals surface area contributed by atoms with Gasteiger partial charge < -0.3 is 14.7 Å². The van der Waals surface area contributed by atoms with Crippen molar-refractivity contribution in [2.45, 2.75) is 44.6 Å². The number of amides is 1. The van der Waals surface area contributed by atoms with E-state index in [1.165, 1.54) is 12.8 Å². The molecular formula is C21H32N2O3.